The molecule has 1 aromatic heterocycles. The van der Waals surface area contributed by atoms with E-state index in [-0.39, 0.29) is 12.1 Å². The molecule has 0 bridgehead atoms. The van der Waals surface area contributed by atoms with Gasteiger partial charge in [0.25, 0.3) is 0 Å². The van der Waals surface area contributed by atoms with Gasteiger partial charge >= 0.3 is 0 Å². The smallest absolute Gasteiger partial charge is 0.230 e. The summed E-state index contributed by atoms with van der Waals surface area (Å²) in [6.07, 6.45) is 0.0728. The van der Waals surface area contributed by atoms with Crippen LogP contribution in [0, 0.1) is 0 Å². The van der Waals surface area contributed by atoms with Gasteiger partial charge in [0.1, 0.15) is 5.75 Å². The Bertz CT molecular complexity index is 598. The van der Waals surface area contributed by atoms with Crippen LogP contribution in [0.4, 0.5) is 11.9 Å². The zero-order chi connectivity index (χ0) is 14.7. The van der Waals surface area contributed by atoms with Crippen molar-refractivity contribution in [2.45, 2.75) is 20.0 Å². The Hall–Kier alpha value is -2.37. The van der Waals surface area contributed by atoms with Crippen molar-refractivity contribution in [3.8, 4) is 17.1 Å². The lowest BCUT2D eigenvalue weighted by molar-refractivity contribution is 0.243. The summed E-state index contributed by atoms with van der Waals surface area (Å²) in [5.74, 6) is 1.96. The normalized spacial score (nSPS) is 10.7. The minimum atomic E-state index is 0.0728. The molecule has 0 aliphatic carbocycles. The summed E-state index contributed by atoms with van der Waals surface area (Å²) >= 11 is 0. The van der Waals surface area contributed by atoms with Gasteiger partial charge in [-0.1, -0.05) is 12.1 Å². The standard InChI is InChI=1S/C14H19N5O/c1-9(2)20-11-8-6-5-7-10(11)12-16-13(15)18-14(17-12)19(3)4/h5-9H,1-4H3,(H2,15,16,17,18). The molecule has 6 nitrogen and oxygen atoms in total. The summed E-state index contributed by atoms with van der Waals surface area (Å²) in [6, 6.07) is 7.63. The third-order valence-electron chi connectivity index (χ3n) is 2.53. The van der Waals surface area contributed by atoms with E-state index >= 15 is 0 Å². The van der Waals surface area contributed by atoms with Crippen LogP contribution in [0.25, 0.3) is 11.4 Å². The molecule has 0 fully saturated rings. The molecule has 0 radical (unpaired) electrons. The number of hydrogen-bond donors (Lipinski definition) is 1. The van der Waals surface area contributed by atoms with Crippen LogP contribution in [0.3, 0.4) is 0 Å². The second-order valence-corrected chi connectivity index (χ2v) is 4.87. The van der Waals surface area contributed by atoms with Crippen molar-refractivity contribution >= 4 is 11.9 Å². The predicted molar refractivity (Wildman–Crippen MR) is 79.8 cm³/mol. The summed E-state index contributed by atoms with van der Waals surface area (Å²) < 4.78 is 5.79. The zero-order valence-corrected chi connectivity index (χ0v) is 12.2. The Morgan fingerprint density at radius 2 is 1.80 bits per heavy atom. The van der Waals surface area contributed by atoms with Gasteiger partial charge in [-0.3, -0.25) is 0 Å². The van der Waals surface area contributed by atoms with Gasteiger partial charge in [-0.25, -0.2) is 0 Å². The minimum Gasteiger partial charge on any atom is -0.490 e. The average molecular weight is 273 g/mol. The topological polar surface area (TPSA) is 77.2 Å². The molecule has 20 heavy (non-hydrogen) atoms. The van der Waals surface area contributed by atoms with Gasteiger partial charge in [0.2, 0.25) is 11.9 Å². The summed E-state index contributed by atoms with van der Waals surface area (Å²) in [5, 5.41) is 0. The molecule has 0 aliphatic rings. The highest BCUT2D eigenvalue weighted by Gasteiger charge is 2.13. The molecule has 106 valence electrons. The number of para-hydroxylation sites is 1. The third kappa shape index (κ3) is 3.14. The van der Waals surface area contributed by atoms with Crippen LogP contribution in [0.15, 0.2) is 24.3 Å². The molecule has 0 saturated heterocycles. The number of benzene rings is 1. The van der Waals surface area contributed by atoms with Crippen LogP contribution in [-0.4, -0.2) is 35.2 Å². The Labute approximate surface area is 118 Å². The molecular formula is C14H19N5O. The minimum absolute atomic E-state index is 0.0728. The lowest BCUT2D eigenvalue weighted by atomic mass is 10.2. The third-order valence-corrected chi connectivity index (χ3v) is 2.53. The van der Waals surface area contributed by atoms with E-state index < -0.39 is 0 Å². The molecule has 0 atom stereocenters. The molecule has 1 heterocycles. The van der Waals surface area contributed by atoms with Gasteiger partial charge in [0.05, 0.1) is 11.7 Å². The molecule has 2 aromatic rings. The van der Waals surface area contributed by atoms with E-state index in [1.165, 1.54) is 0 Å². The molecule has 6 heteroatoms. The number of nitrogens with two attached hydrogens (primary N) is 1. The highest BCUT2D eigenvalue weighted by atomic mass is 16.5. The van der Waals surface area contributed by atoms with E-state index in [0.717, 1.165) is 11.3 Å². The number of aromatic nitrogens is 3. The summed E-state index contributed by atoms with van der Waals surface area (Å²) in [4.78, 5) is 14.5. The van der Waals surface area contributed by atoms with E-state index in [1.54, 1.807) is 4.90 Å². The first kappa shape index (κ1) is 14.0. The Kier molecular flexibility index (Phi) is 4.02. The summed E-state index contributed by atoms with van der Waals surface area (Å²) in [5.41, 5.74) is 6.56. The Morgan fingerprint density at radius 1 is 1.10 bits per heavy atom. The number of nitrogen functional groups attached to an aromatic ring is 1. The van der Waals surface area contributed by atoms with Crippen LogP contribution in [0.5, 0.6) is 5.75 Å². The molecule has 0 aliphatic heterocycles. The second kappa shape index (κ2) is 5.73. The molecule has 1 aromatic carbocycles. The number of ether oxygens (including phenoxy) is 1. The van der Waals surface area contributed by atoms with Crippen LogP contribution < -0.4 is 15.4 Å². The first-order valence-corrected chi connectivity index (χ1v) is 6.42. The molecule has 2 rings (SSSR count). The van der Waals surface area contributed by atoms with Crippen molar-refractivity contribution in [2.24, 2.45) is 0 Å². The van der Waals surface area contributed by atoms with Crippen molar-refractivity contribution in [3.63, 3.8) is 0 Å². The van der Waals surface area contributed by atoms with Gasteiger partial charge in [-0.2, -0.15) is 15.0 Å². The van der Waals surface area contributed by atoms with Crippen molar-refractivity contribution in [1.29, 1.82) is 0 Å². The average Bonchev–Trinajstić information content (AvgIpc) is 2.37. The SMILES string of the molecule is CC(C)Oc1ccccc1-c1nc(N)nc(N(C)C)n1. The predicted octanol–water partition coefficient (Wildman–Crippen LogP) is 1.97. The van der Waals surface area contributed by atoms with E-state index in [2.05, 4.69) is 15.0 Å². The largest absolute Gasteiger partial charge is 0.490 e. The van der Waals surface area contributed by atoms with E-state index in [1.807, 2.05) is 52.2 Å². The van der Waals surface area contributed by atoms with Crippen molar-refractivity contribution in [2.75, 3.05) is 24.7 Å². The van der Waals surface area contributed by atoms with E-state index in [9.17, 15) is 0 Å². The first-order chi connectivity index (χ1) is 9.47. The van der Waals surface area contributed by atoms with Crippen LogP contribution in [-0.2, 0) is 0 Å². The maximum absolute atomic E-state index is 5.79. The number of nitrogens with zero attached hydrogens (tertiary/aromatic N) is 4. The fraction of sp³-hybridized carbons (Fsp3) is 0.357. The maximum Gasteiger partial charge on any atom is 0.230 e. The highest BCUT2D eigenvalue weighted by Crippen LogP contribution is 2.29. The highest BCUT2D eigenvalue weighted by molar-refractivity contribution is 5.65. The number of anilines is 2. The van der Waals surface area contributed by atoms with Crippen molar-refractivity contribution in [1.82, 2.24) is 15.0 Å². The summed E-state index contributed by atoms with van der Waals surface area (Å²) in [6.45, 7) is 3.95. The lowest BCUT2D eigenvalue weighted by Gasteiger charge is -2.15. The van der Waals surface area contributed by atoms with Gasteiger partial charge in [0.15, 0.2) is 5.82 Å². The number of hydrogen-bond acceptors (Lipinski definition) is 6. The number of rotatable bonds is 4. The van der Waals surface area contributed by atoms with E-state index in [4.69, 9.17) is 10.5 Å². The molecule has 0 amide bonds. The zero-order valence-electron chi connectivity index (χ0n) is 12.2. The van der Waals surface area contributed by atoms with Gasteiger partial charge in [-0.05, 0) is 26.0 Å². The van der Waals surface area contributed by atoms with Gasteiger partial charge in [0, 0.05) is 14.1 Å². The van der Waals surface area contributed by atoms with E-state index in [0.29, 0.717) is 11.8 Å². The fourth-order valence-electron chi connectivity index (χ4n) is 1.71. The lowest BCUT2D eigenvalue weighted by Crippen LogP contribution is -2.15. The van der Waals surface area contributed by atoms with Gasteiger partial charge in [-0.15, -0.1) is 0 Å². The fourth-order valence-corrected chi connectivity index (χ4v) is 1.71. The van der Waals surface area contributed by atoms with Crippen LogP contribution in [0.1, 0.15) is 13.8 Å². The van der Waals surface area contributed by atoms with Crippen LogP contribution in [0.2, 0.25) is 0 Å². The summed E-state index contributed by atoms with van der Waals surface area (Å²) in [7, 11) is 3.71. The van der Waals surface area contributed by atoms with Crippen molar-refractivity contribution in [3.05, 3.63) is 24.3 Å². The molecule has 0 unspecified atom stereocenters. The molecule has 0 spiro atoms. The molecular weight excluding hydrogens is 254 g/mol. The molecule has 0 saturated carbocycles. The monoisotopic (exact) mass is 273 g/mol. The Balaban J connectivity index is 2.51. The Morgan fingerprint density at radius 3 is 2.45 bits per heavy atom. The van der Waals surface area contributed by atoms with Crippen LogP contribution >= 0.6 is 0 Å². The maximum atomic E-state index is 5.79. The van der Waals surface area contributed by atoms with Gasteiger partial charge < -0.3 is 15.4 Å². The van der Waals surface area contributed by atoms with Crippen molar-refractivity contribution < 1.29 is 4.74 Å². The quantitative estimate of drug-likeness (QED) is 0.917. The first-order valence-electron chi connectivity index (χ1n) is 6.42. The second-order valence-electron chi connectivity index (χ2n) is 4.87. The molecule has 2 N–H and O–H groups in total.